The van der Waals surface area contributed by atoms with Crippen molar-refractivity contribution in [2.24, 2.45) is 9.98 Å². The molecule has 2 aliphatic rings. The van der Waals surface area contributed by atoms with E-state index in [9.17, 15) is 0 Å². The van der Waals surface area contributed by atoms with E-state index in [0.29, 0.717) is 0 Å². The molecule has 0 aliphatic carbocycles. The summed E-state index contributed by atoms with van der Waals surface area (Å²) < 4.78 is 0. The Morgan fingerprint density at radius 3 is 1.39 bits per heavy atom. The Morgan fingerprint density at radius 2 is 0.944 bits per heavy atom. The van der Waals surface area contributed by atoms with E-state index in [-0.39, 0.29) is 10.8 Å². The second-order valence-corrected chi connectivity index (χ2v) is 11.3. The van der Waals surface area contributed by atoms with E-state index < -0.39 is 0 Å². The van der Waals surface area contributed by atoms with Crippen LogP contribution in [0.4, 0.5) is 11.4 Å². The summed E-state index contributed by atoms with van der Waals surface area (Å²) in [5.74, 6) is 0. The molecular formula is C34H36N2. The molecule has 2 heteroatoms. The molecule has 0 fully saturated rings. The van der Waals surface area contributed by atoms with Gasteiger partial charge in [-0.15, -0.1) is 0 Å². The highest BCUT2D eigenvalue weighted by atomic mass is 14.8. The van der Waals surface area contributed by atoms with Crippen molar-refractivity contribution in [3.63, 3.8) is 0 Å². The second-order valence-electron chi connectivity index (χ2n) is 11.3. The van der Waals surface area contributed by atoms with Crippen LogP contribution in [0.25, 0.3) is 21.5 Å². The molecule has 0 bridgehead atoms. The lowest BCUT2D eigenvalue weighted by molar-refractivity contribution is 0.489. The molecule has 0 N–H and O–H groups in total. The Balaban J connectivity index is 1.12. The molecule has 0 saturated carbocycles. The summed E-state index contributed by atoms with van der Waals surface area (Å²) in [6.07, 6.45) is 7.31. The Labute approximate surface area is 215 Å². The van der Waals surface area contributed by atoms with Crippen LogP contribution in [0.5, 0.6) is 0 Å². The van der Waals surface area contributed by atoms with E-state index >= 15 is 0 Å². The standard InChI is InChI=1S/C34H36N2/c1-23-33(3,31-27-15-9-7-13-25(27)17-19-29(31)35-23)21-11-5-6-12-22-34(4)24(2)36-30-20-18-26-14-8-10-16-28(26)32(30)34/h7-10,13-20H,5-6,11-12,21-22H2,1-4H3. The van der Waals surface area contributed by atoms with Crippen LogP contribution in [0.3, 0.4) is 0 Å². The summed E-state index contributed by atoms with van der Waals surface area (Å²) in [5, 5.41) is 5.38. The van der Waals surface area contributed by atoms with Crippen LogP contribution in [0.15, 0.2) is 82.8 Å². The van der Waals surface area contributed by atoms with Crippen molar-refractivity contribution in [1.29, 1.82) is 0 Å². The fourth-order valence-electron chi connectivity index (χ4n) is 6.76. The third kappa shape index (κ3) is 3.53. The van der Waals surface area contributed by atoms with Gasteiger partial charge in [-0.05, 0) is 71.5 Å². The molecular weight excluding hydrogens is 436 g/mol. The maximum absolute atomic E-state index is 4.99. The molecule has 0 aromatic heterocycles. The molecule has 6 rings (SSSR count). The van der Waals surface area contributed by atoms with E-state index in [2.05, 4.69) is 100 Å². The number of benzene rings is 4. The molecule has 0 radical (unpaired) electrons. The van der Waals surface area contributed by atoms with E-state index in [1.165, 1.54) is 81.2 Å². The van der Waals surface area contributed by atoms with Crippen molar-refractivity contribution >= 4 is 44.3 Å². The summed E-state index contributed by atoms with van der Waals surface area (Å²) in [7, 11) is 0. The number of hydrogen-bond acceptors (Lipinski definition) is 2. The van der Waals surface area contributed by atoms with Crippen molar-refractivity contribution in [3.8, 4) is 0 Å². The molecule has 0 saturated heterocycles. The quantitative estimate of drug-likeness (QED) is 0.239. The molecule has 2 nitrogen and oxygen atoms in total. The first kappa shape index (κ1) is 23.2. The first-order valence-corrected chi connectivity index (χ1v) is 13.6. The Kier molecular flexibility index (Phi) is 5.59. The summed E-state index contributed by atoms with van der Waals surface area (Å²) in [4.78, 5) is 9.98. The molecule has 36 heavy (non-hydrogen) atoms. The predicted octanol–water partition coefficient (Wildman–Crippen LogP) is 9.76. The van der Waals surface area contributed by atoms with Crippen LogP contribution >= 0.6 is 0 Å². The average molecular weight is 473 g/mol. The maximum atomic E-state index is 4.99. The molecule has 182 valence electrons. The van der Waals surface area contributed by atoms with Crippen molar-refractivity contribution < 1.29 is 0 Å². The van der Waals surface area contributed by atoms with Crippen LogP contribution in [-0.4, -0.2) is 11.4 Å². The largest absolute Gasteiger partial charge is 0.257 e. The van der Waals surface area contributed by atoms with Gasteiger partial charge in [-0.3, -0.25) is 9.98 Å². The zero-order valence-electron chi connectivity index (χ0n) is 22.1. The normalized spacial score (nSPS) is 22.6. The van der Waals surface area contributed by atoms with E-state index in [1.807, 2.05) is 0 Å². The van der Waals surface area contributed by atoms with Crippen LogP contribution in [-0.2, 0) is 10.8 Å². The van der Waals surface area contributed by atoms with Gasteiger partial charge in [0.1, 0.15) is 0 Å². The van der Waals surface area contributed by atoms with E-state index in [0.717, 1.165) is 12.8 Å². The zero-order chi connectivity index (χ0) is 24.9. The topological polar surface area (TPSA) is 24.7 Å². The van der Waals surface area contributed by atoms with Gasteiger partial charge in [0, 0.05) is 22.3 Å². The monoisotopic (exact) mass is 472 g/mol. The summed E-state index contributed by atoms with van der Waals surface area (Å²) in [6, 6.07) is 26.4. The van der Waals surface area contributed by atoms with Gasteiger partial charge in [-0.1, -0.05) is 100 Å². The predicted molar refractivity (Wildman–Crippen MR) is 156 cm³/mol. The zero-order valence-corrected chi connectivity index (χ0v) is 22.1. The number of nitrogens with zero attached hydrogens (tertiary/aromatic N) is 2. The minimum Gasteiger partial charge on any atom is -0.257 e. The molecule has 4 aromatic rings. The highest BCUT2D eigenvalue weighted by Gasteiger charge is 2.39. The molecule has 2 aliphatic heterocycles. The van der Waals surface area contributed by atoms with Crippen molar-refractivity contribution in [2.75, 3.05) is 0 Å². The van der Waals surface area contributed by atoms with Gasteiger partial charge >= 0.3 is 0 Å². The molecule has 2 atom stereocenters. The average Bonchev–Trinajstić information content (AvgIpc) is 3.30. The van der Waals surface area contributed by atoms with Gasteiger partial charge in [0.25, 0.3) is 0 Å². The summed E-state index contributed by atoms with van der Waals surface area (Å²) >= 11 is 0. The Bertz CT molecular complexity index is 1420. The number of unbranched alkanes of at least 4 members (excludes halogenated alkanes) is 3. The van der Waals surface area contributed by atoms with Gasteiger partial charge in [0.2, 0.25) is 0 Å². The second kappa shape index (κ2) is 8.69. The fraction of sp³-hybridized carbons (Fsp3) is 0.353. The van der Waals surface area contributed by atoms with Crippen LogP contribution in [0.2, 0.25) is 0 Å². The molecule has 2 heterocycles. The minimum absolute atomic E-state index is 0.0364. The Morgan fingerprint density at radius 1 is 0.528 bits per heavy atom. The molecule has 0 spiro atoms. The molecule has 2 unspecified atom stereocenters. The van der Waals surface area contributed by atoms with Gasteiger partial charge < -0.3 is 0 Å². The smallest absolute Gasteiger partial charge is 0.0677 e. The van der Waals surface area contributed by atoms with Crippen LogP contribution in [0.1, 0.15) is 77.3 Å². The third-order valence-electron chi connectivity index (χ3n) is 9.19. The molecule has 0 amide bonds. The first-order chi connectivity index (χ1) is 17.4. The van der Waals surface area contributed by atoms with Crippen molar-refractivity contribution in [1.82, 2.24) is 0 Å². The number of hydrogen-bond donors (Lipinski definition) is 0. The first-order valence-electron chi connectivity index (χ1n) is 13.6. The molecule has 4 aromatic carbocycles. The maximum Gasteiger partial charge on any atom is 0.0677 e. The van der Waals surface area contributed by atoms with Gasteiger partial charge in [-0.2, -0.15) is 0 Å². The highest BCUT2D eigenvalue weighted by Crippen LogP contribution is 2.48. The number of rotatable bonds is 7. The van der Waals surface area contributed by atoms with Gasteiger partial charge in [0.15, 0.2) is 0 Å². The van der Waals surface area contributed by atoms with Crippen molar-refractivity contribution in [2.45, 2.75) is 77.0 Å². The van der Waals surface area contributed by atoms with E-state index in [1.54, 1.807) is 0 Å². The number of fused-ring (bicyclic) bond motifs is 6. The Hall–Kier alpha value is -3.26. The lowest BCUT2D eigenvalue weighted by Crippen LogP contribution is -2.28. The van der Waals surface area contributed by atoms with Gasteiger partial charge in [0.05, 0.1) is 11.4 Å². The summed E-state index contributed by atoms with van der Waals surface area (Å²) in [5.41, 5.74) is 7.82. The lowest BCUT2D eigenvalue weighted by Gasteiger charge is -2.28. The minimum atomic E-state index is 0.0364. The van der Waals surface area contributed by atoms with Crippen molar-refractivity contribution in [3.05, 3.63) is 83.9 Å². The lowest BCUT2D eigenvalue weighted by atomic mass is 9.73. The fourth-order valence-corrected chi connectivity index (χ4v) is 6.76. The third-order valence-corrected chi connectivity index (χ3v) is 9.19. The summed E-state index contributed by atoms with van der Waals surface area (Å²) in [6.45, 7) is 9.26. The highest BCUT2D eigenvalue weighted by molar-refractivity contribution is 6.07. The van der Waals surface area contributed by atoms with Crippen LogP contribution in [0, 0.1) is 0 Å². The number of aliphatic imine (C=N–C) groups is 2. The SMILES string of the molecule is CC1=Nc2ccc3ccccc3c2C1(C)CCCCCCC1(C)C(C)=Nc2ccc3ccccc3c21. The van der Waals surface area contributed by atoms with Crippen LogP contribution < -0.4 is 0 Å². The van der Waals surface area contributed by atoms with Gasteiger partial charge in [-0.25, -0.2) is 0 Å². The van der Waals surface area contributed by atoms with E-state index in [4.69, 9.17) is 9.98 Å².